The first-order valence-electron chi connectivity index (χ1n) is 5.97. The Morgan fingerprint density at radius 1 is 1.32 bits per heavy atom. The molecule has 3 rings (SSSR count). The first kappa shape index (κ1) is 11.5. The number of nitrogens with zero attached hydrogens (tertiary/aromatic N) is 4. The van der Waals surface area contributed by atoms with E-state index in [-0.39, 0.29) is 0 Å². The summed E-state index contributed by atoms with van der Waals surface area (Å²) in [6, 6.07) is 5.44. The Kier molecular flexibility index (Phi) is 2.75. The van der Waals surface area contributed by atoms with Crippen LogP contribution in [0.4, 0.5) is 5.69 Å². The molecule has 0 unspecified atom stereocenters. The molecule has 0 aliphatic carbocycles. The Bertz CT molecular complexity index is 722. The molecule has 96 valence electrons. The van der Waals surface area contributed by atoms with Gasteiger partial charge in [-0.2, -0.15) is 5.10 Å². The molecule has 2 N–H and O–H groups in total. The molecule has 0 spiro atoms. The average molecular weight is 255 g/mol. The van der Waals surface area contributed by atoms with Gasteiger partial charge in [0.2, 0.25) is 5.88 Å². The monoisotopic (exact) mass is 255 g/mol. The number of fused-ring (bicyclic) bond motifs is 1. The largest absolute Gasteiger partial charge is 0.435 e. The summed E-state index contributed by atoms with van der Waals surface area (Å²) in [4.78, 5) is 8.33. The lowest BCUT2D eigenvalue weighted by Gasteiger charge is -2.05. The summed E-state index contributed by atoms with van der Waals surface area (Å²) in [5.74, 6) is 1.12. The van der Waals surface area contributed by atoms with E-state index in [1.165, 1.54) is 6.33 Å². The van der Waals surface area contributed by atoms with E-state index in [2.05, 4.69) is 15.1 Å². The van der Waals surface area contributed by atoms with Crippen LogP contribution in [0.3, 0.4) is 0 Å². The van der Waals surface area contributed by atoms with Gasteiger partial charge < -0.3 is 10.5 Å². The molecule has 0 aliphatic heterocycles. The highest BCUT2D eigenvalue weighted by Crippen LogP contribution is 2.27. The summed E-state index contributed by atoms with van der Waals surface area (Å²) in [6.45, 7) is 2.80. The molecule has 19 heavy (non-hydrogen) atoms. The molecule has 0 saturated heterocycles. The minimum Gasteiger partial charge on any atom is -0.435 e. The van der Waals surface area contributed by atoms with Crippen LogP contribution in [0.2, 0.25) is 0 Å². The minimum absolute atomic E-state index is 0.480. The molecular weight excluding hydrogens is 242 g/mol. The minimum atomic E-state index is 0.480. The van der Waals surface area contributed by atoms with Gasteiger partial charge in [-0.1, -0.05) is 0 Å². The molecule has 6 heteroatoms. The van der Waals surface area contributed by atoms with Crippen molar-refractivity contribution >= 4 is 16.6 Å². The van der Waals surface area contributed by atoms with Gasteiger partial charge in [0.1, 0.15) is 6.33 Å². The van der Waals surface area contributed by atoms with E-state index in [1.807, 2.05) is 19.2 Å². The Morgan fingerprint density at radius 2 is 2.21 bits per heavy atom. The van der Waals surface area contributed by atoms with E-state index < -0.39 is 0 Å². The summed E-state index contributed by atoms with van der Waals surface area (Å²) >= 11 is 0. The average Bonchev–Trinajstić information content (AvgIpc) is 2.87. The topological polar surface area (TPSA) is 78.8 Å². The Morgan fingerprint density at radius 3 is 3.00 bits per heavy atom. The number of aryl methyl sites for hydroxylation is 1. The molecule has 0 atom stereocenters. The van der Waals surface area contributed by atoms with Crippen molar-refractivity contribution in [2.24, 2.45) is 0 Å². The van der Waals surface area contributed by atoms with E-state index in [1.54, 1.807) is 23.0 Å². The zero-order valence-corrected chi connectivity index (χ0v) is 10.4. The second-order valence-electron chi connectivity index (χ2n) is 4.09. The molecule has 0 amide bonds. The predicted octanol–water partition coefficient (Wildman–Crippen LogP) is 2.22. The van der Waals surface area contributed by atoms with Crippen LogP contribution in [-0.2, 0) is 6.54 Å². The molecule has 0 aliphatic rings. The van der Waals surface area contributed by atoms with Gasteiger partial charge in [0.25, 0.3) is 0 Å². The summed E-state index contributed by atoms with van der Waals surface area (Å²) in [5, 5.41) is 4.94. The van der Waals surface area contributed by atoms with Crippen molar-refractivity contribution in [2.75, 3.05) is 5.73 Å². The molecule has 0 fully saturated rings. The summed E-state index contributed by atoms with van der Waals surface area (Å²) in [6.07, 6.45) is 4.95. The van der Waals surface area contributed by atoms with Crippen LogP contribution in [0.1, 0.15) is 6.92 Å². The second kappa shape index (κ2) is 4.56. The molecule has 1 aromatic carbocycles. The molecule has 0 bridgehead atoms. The van der Waals surface area contributed by atoms with Crippen molar-refractivity contribution in [3.63, 3.8) is 0 Å². The van der Waals surface area contributed by atoms with Crippen molar-refractivity contribution in [2.45, 2.75) is 13.5 Å². The number of rotatable bonds is 3. The van der Waals surface area contributed by atoms with Crippen LogP contribution < -0.4 is 10.5 Å². The van der Waals surface area contributed by atoms with Gasteiger partial charge in [-0.05, 0) is 25.1 Å². The molecule has 0 saturated carbocycles. The van der Waals surface area contributed by atoms with Crippen LogP contribution in [0.25, 0.3) is 10.9 Å². The molecular formula is C13H13N5O. The van der Waals surface area contributed by atoms with Crippen molar-refractivity contribution in [1.82, 2.24) is 19.7 Å². The number of ether oxygens (including phenoxy) is 1. The van der Waals surface area contributed by atoms with Gasteiger partial charge in [0.05, 0.1) is 23.3 Å². The van der Waals surface area contributed by atoms with Crippen LogP contribution >= 0.6 is 0 Å². The number of nitrogens with two attached hydrogens (primary N) is 1. The lowest BCUT2D eigenvalue weighted by atomic mass is 10.2. The number of hydrogen-bond donors (Lipinski definition) is 1. The zero-order valence-electron chi connectivity index (χ0n) is 10.4. The first-order chi connectivity index (χ1) is 9.26. The van der Waals surface area contributed by atoms with E-state index in [4.69, 9.17) is 10.5 Å². The van der Waals surface area contributed by atoms with Gasteiger partial charge in [-0.25, -0.2) is 9.97 Å². The van der Waals surface area contributed by atoms with E-state index in [0.717, 1.165) is 17.4 Å². The molecule has 0 radical (unpaired) electrons. The highest BCUT2D eigenvalue weighted by molar-refractivity contribution is 5.86. The van der Waals surface area contributed by atoms with Crippen molar-refractivity contribution in [1.29, 1.82) is 0 Å². The fourth-order valence-electron chi connectivity index (χ4n) is 1.81. The summed E-state index contributed by atoms with van der Waals surface area (Å²) in [5.41, 5.74) is 7.23. The number of benzene rings is 1. The maximum Gasteiger partial charge on any atom is 0.230 e. The Hall–Kier alpha value is -2.63. The third-order valence-electron chi connectivity index (χ3n) is 2.77. The van der Waals surface area contributed by atoms with Crippen molar-refractivity contribution in [3.05, 3.63) is 36.9 Å². The van der Waals surface area contributed by atoms with E-state index >= 15 is 0 Å². The standard InChI is InChI=1S/C13H13N5O/c1-2-18-7-10(6-17-18)19-13-11-5-9(14)3-4-12(11)15-8-16-13/h3-8H,2,14H2,1H3. The summed E-state index contributed by atoms with van der Waals surface area (Å²) in [7, 11) is 0. The SMILES string of the molecule is CCn1cc(Oc2ncnc3ccc(N)cc23)cn1. The van der Waals surface area contributed by atoms with E-state index in [9.17, 15) is 0 Å². The molecule has 2 heterocycles. The van der Waals surface area contributed by atoms with Crippen LogP contribution in [0.15, 0.2) is 36.9 Å². The fraction of sp³-hybridized carbons (Fsp3) is 0.154. The quantitative estimate of drug-likeness (QED) is 0.726. The van der Waals surface area contributed by atoms with Crippen LogP contribution in [0, 0.1) is 0 Å². The third kappa shape index (κ3) is 2.20. The van der Waals surface area contributed by atoms with Gasteiger partial charge >= 0.3 is 0 Å². The molecule has 3 aromatic rings. The van der Waals surface area contributed by atoms with Gasteiger partial charge in [0, 0.05) is 12.2 Å². The zero-order chi connectivity index (χ0) is 13.2. The van der Waals surface area contributed by atoms with Gasteiger partial charge in [-0.3, -0.25) is 4.68 Å². The third-order valence-corrected chi connectivity index (χ3v) is 2.77. The number of anilines is 1. The number of aromatic nitrogens is 4. The predicted molar refractivity (Wildman–Crippen MR) is 71.9 cm³/mol. The maximum absolute atomic E-state index is 5.78. The van der Waals surface area contributed by atoms with E-state index in [0.29, 0.717) is 17.3 Å². The Labute approximate surface area is 109 Å². The highest BCUT2D eigenvalue weighted by atomic mass is 16.5. The van der Waals surface area contributed by atoms with Crippen LogP contribution in [0.5, 0.6) is 11.6 Å². The highest BCUT2D eigenvalue weighted by Gasteiger charge is 2.07. The number of nitrogen functional groups attached to an aromatic ring is 1. The second-order valence-corrected chi connectivity index (χ2v) is 4.09. The lowest BCUT2D eigenvalue weighted by Crippen LogP contribution is -1.93. The van der Waals surface area contributed by atoms with Gasteiger partial charge in [0.15, 0.2) is 5.75 Å². The summed E-state index contributed by atoms with van der Waals surface area (Å²) < 4.78 is 7.52. The fourth-order valence-corrected chi connectivity index (χ4v) is 1.81. The number of hydrogen-bond acceptors (Lipinski definition) is 5. The van der Waals surface area contributed by atoms with Gasteiger partial charge in [-0.15, -0.1) is 0 Å². The lowest BCUT2D eigenvalue weighted by molar-refractivity contribution is 0.467. The normalized spacial score (nSPS) is 10.8. The van der Waals surface area contributed by atoms with Crippen molar-refractivity contribution < 1.29 is 4.74 Å². The maximum atomic E-state index is 5.78. The molecule has 2 aromatic heterocycles. The van der Waals surface area contributed by atoms with Crippen LogP contribution in [-0.4, -0.2) is 19.7 Å². The van der Waals surface area contributed by atoms with Crippen molar-refractivity contribution in [3.8, 4) is 11.6 Å². The smallest absolute Gasteiger partial charge is 0.230 e. The Balaban J connectivity index is 2.02. The first-order valence-corrected chi connectivity index (χ1v) is 5.97. The molecule has 6 nitrogen and oxygen atoms in total.